The van der Waals surface area contributed by atoms with Gasteiger partial charge >= 0.3 is 0 Å². The quantitative estimate of drug-likeness (QED) is 0.834. The van der Waals surface area contributed by atoms with Crippen molar-refractivity contribution >= 4 is 21.6 Å². The molecule has 0 aliphatic heterocycles. The van der Waals surface area contributed by atoms with E-state index in [9.17, 15) is 17.6 Å². The number of benzene rings is 2. The molecule has 0 aliphatic rings. The molecule has 2 aromatic rings. The Bertz CT molecular complexity index is 921. The number of carbonyl (C=O) groups is 1. The van der Waals surface area contributed by atoms with Gasteiger partial charge in [-0.25, -0.2) is 12.8 Å². The van der Waals surface area contributed by atoms with E-state index in [1.165, 1.54) is 31.4 Å². The van der Waals surface area contributed by atoms with E-state index in [-0.39, 0.29) is 21.9 Å². The van der Waals surface area contributed by atoms with Gasteiger partial charge in [0.2, 0.25) is 0 Å². The Morgan fingerprint density at radius 1 is 1.12 bits per heavy atom. The van der Waals surface area contributed by atoms with Crippen molar-refractivity contribution in [2.24, 2.45) is 0 Å². The van der Waals surface area contributed by atoms with E-state index in [0.717, 1.165) is 6.07 Å². The predicted molar refractivity (Wildman–Crippen MR) is 97.4 cm³/mol. The number of para-hydroxylation sites is 1. The molecule has 0 saturated heterocycles. The molecular formula is C18H21FN2O4S. The van der Waals surface area contributed by atoms with Crippen molar-refractivity contribution in [2.75, 3.05) is 11.8 Å². The van der Waals surface area contributed by atoms with Gasteiger partial charge in [0, 0.05) is 5.54 Å². The number of hydrogen-bond acceptors (Lipinski definition) is 4. The van der Waals surface area contributed by atoms with Gasteiger partial charge in [-0.15, -0.1) is 0 Å². The smallest absolute Gasteiger partial charge is 0.262 e. The molecule has 0 unspecified atom stereocenters. The molecular weight excluding hydrogens is 359 g/mol. The molecule has 0 bridgehead atoms. The highest BCUT2D eigenvalue weighted by Crippen LogP contribution is 2.24. The van der Waals surface area contributed by atoms with Crippen LogP contribution in [0, 0.1) is 5.82 Å². The minimum absolute atomic E-state index is 0.0612. The van der Waals surface area contributed by atoms with Crippen molar-refractivity contribution in [1.82, 2.24) is 5.32 Å². The molecule has 0 radical (unpaired) electrons. The van der Waals surface area contributed by atoms with E-state index >= 15 is 0 Å². The van der Waals surface area contributed by atoms with Crippen molar-refractivity contribution in [3.63, 3.8) is 0 Å². The highest BCUT2D eigenvalue weighted by Gasteiger charge is 2.22. The largest absolute Gasteiger partial charge is 0.494 e. The van der Waals surface area contributed by atoms with Gasteiger partial charge in [0.05, 0.1) is 23.3 Å². The summed E-state index contributed by atoms with van der Waals surface area (Å²) in [7, 11) is -2.80. The fraction of sp³-hybridized carbons (Fsp3) is 0.278. The molecule has 2 aromatic carbocycles. The predicted octanol–water partition coefficient (Wildman–Crippen LogP) is 3.16. The van der Waals surface area contributed by atoms with Gasteiger partial charge in [0.25, 0.3) is 15.9 Å². The lowest BCUT2D eigenvalue weighted by Gasteiger charge is -2.21. The number of hydrogen-bond donors (Lipinski definition) is 2. The van der Waals surface area contributed by atoms with Gasteiger partial charge in [-0.1, -0.05) is 12.1 Å². The maximum Gasteiger partial charge on any atom is 0.262 e. The third kappa shape index (κ3) is 4.72. The van der Waals surface area contributed by atoms with Gasteiger partial charge in [0.15, 0.2) is 11.6 Å². The lowest BCUT2D eigenvalue weighted by atomic mass is 10.1. The van der Waals surface area contributed by atoms with E-state index in [2.05, 4.69) is 10.0 Å². The van der Waals surface area contributed by atoms with Crippen LogP contribution in [0.5, 0.6) is 5.75 Å². The van der Waals surface area contributed by atoms with Crippen molar-refractivity contribution < 1.29 is 22.3 Å². The van der Waals surface area contributed by atoms with E-state index in [1.54, 1.807) is 12.1 Å². The van der Waals surface area contributed by atoms with Crippen LogP contribution in [0.25, 0.3) is 0 Å². The minimum atomic E-state index is -4.09. The van der Waals surface area contributed by atoms with Crippen LogP contribution in [0.3, 0.4) is 0 Å². The van der Waals surface area contributed by atoms with Gasteiger partial charge in [-0.05, 0) is 51.1 Å². The van der Waals surface area contributed by atoms with E-state index in [1.807, 2.05) is 20.8 Å². The summed E-state index contributed by atoms with van der Waals surface area (Å²) in [5.74, 6) is -1.28. The Hall–Kier alpha value is -2.61. The van der Waals surface area contributed by atoms with Gasteiger partial charge in [-0.3, -0.25) is 9.52 Å². The van der Waals surface area contributed by atoms with Crippen LogP contribution < -0.4 is 14.8 Å². The van der Waals surface area contributed by atoms with Crippen molar-refractivity contribution in [3.05, 3.63) is 53.8 Å². The van der Waals surface area contributed by atoms with Crippen LogP contribution in [-0.2, 0) is 10.0 Å². The Labute approximate surface area is 152 Å². The summed E-state index contributed by atoms with van der Waals surface area (Å²) in [6, 6.07) is 9.51. The highest BCUT2D eigenvalue weighted by molar-refractivity contribution is 7.92. The van der Waals surface area contributed by atoms with E-state index in [4.69, 9.17) is 4.74 Å². The average Bonchev–Trinajstić information content (AvgIpc) is 2.53. The second-order valence-electron chi connectivity index (χ2n) is 6.65. The van der Waals surface area contributed by atoms with Gasteiger partial charge in [0.1, 0.15) is 0 Å². The van der Waals surface area contributed by atoms with Crippen molar-refractivity contribution in [2.45, 2.75) is 31.2 Å². The molecule has 140 valence electrons. The molecule has 6 nitrogen and oxygen atoms in total. The maximum atomic E-state index is 13.8. The SMILES string of the molecule is COc1ccc(S(=O)(=O)Nc2ccccc2C(=O)NC(C)(C)C)cc1F. The first-order valence-electron chi connectivity index (χ1n) is 7.81. The van der Waals surface area contributed by atoms with Crippen molar-refractivity contribution in [1.29, 1.82) is 0 Å². The monoisotopic (exact) mass is 380 g/mol. The molecule has 0 aromatic heterocycles. The lowest BCUT2D eigenvalue weighted by molar-refractivity contribution is 0.0920. The number of amides is 1. The summed E-state index contributed by atoms with van der Waals surface area (Å²) < 4.78 is 46.1. The number of nitrogens with one attached hydrogen (secondary N) is 2. The Morgan fingerprint density at radius 3 is 2.35 bits per heavy atom. The molecule has 8 heteroatoms. The van der Waals surface area contributed by atoms with Crippen LogP contribution >= 0.6 is 0 Å². The number of methoxy groups -OCH3 is 1. The summed E-state index contributed by atoms with van der Waals surface area (Å²) >= 11 is 0. The topological polar surface area (TPSA) is 84.5 Å². The second kappa shape index (κ2) is 7.33. The van der Waals surface area contributed by atoms with Gasteiger partial charge < -0.3 is 10.1 Å². The first kappa shape index (κ1) is 19.7. The van der Waals surface area contributed by atoms with E-state index < -0.39 is 27.3 Å². The fourth-order valence-corrected chi connectivity index (χ4v) is 3.29. The molecule has 2 rings (SSSR count). The molecule has 0 aliphatic carbocycles. The number of sulfonamides is 1. The summed E-state index contributed by atoms with van der Waals surface area (Å²) in [6.07, 6.45) is 0. The summed E-state index contributed by atoms with van der Waals surface area (Å²) in [4.78, 5) is 12.1. The van der Waals surface area contributed by atoms with Crippen LogP contribution in [0.4, 0.5) is 10.1 Å². The molecule has 0 fully saturated rings. The zero-order valence-corrected chi connectivity index (χ0v) is 15.8. The number of halogens is 1. The normalized spacial score (nSPS) is 11.7. The van der Waals surface area contributed by atoms with Crippen molar-refractivity contribution in [3.8, 4) is 5.75 Å². The van der Waals surface area contributed by atoms with Crippen LogP contribution in [0.15, 0.2) is 47.4 Å². The molecule has 0 heterocycles. The summed E-state index contributed by atoms with van der Waals surface area (Å²) in [5.41, 5.74) is -0.215. The number of ether oxygens (including phenoxy) is 1. The average molecular weight is 380 g/mol. The lowest BCUT2D eigenvalue weighted by Crippen LogP contribution is -2.40. The van der Waals surface area contributed by atoms with Crippen LogP contribution in [0.1, 0.15) is 31.1 Å². The second-order valence-corrected chi connectivity index (χ2v) is 8.33. The standard InChI is InChI=1S/C18H21FN2O4S/c1-18(2,3)20-17(22)13-7-5-6-8-15(13)21-26(23,24)12-9-10-16(25-4)14(19)11-12/h5-11,21H,1-4H3,(H,20,22). The minimum Gasteiger partial charge on any atom is -0.494 e. The molecule has 0 atom stereocenters. The summed E-state index contributed by atoms with van der Waals surface area (Å²) in [6.45, 7) is 5.45. The van der Waals surface area contributed by atoms with Crippen LogP contribution in [0.2, 0.25) is 0 Å². The maximum absolute atomic E-state index is 13.8. The molecule has 0 saturated carbocycles. The van der Waals surface area contributed by atoms with Gasteiger partial charge in [-0.2, -0.15) is 0 Å². The Kier molecular flexibility index (Phi) is 5.56. The van der Waals surface area contributed by atoms with E-state index in [0.29, 0.717) is 0 Å². The number of rotatable bonds is 5. The Morgan fingerprint density at radius 2 is 1.77 bits per heavy atom. The third-order valence-electron chi connectivity index (χ3n) is 3.34. The number of carbonyl (C=O) groups excluding carboxylic acids is 1. The molecule has 2 N–H and O–H groups in total. The fourth-order valence-electron chi connectivity index (χ4n) is 2.20. The number of anilines is 1. The Balaban J connectivity index is 2.36. The zero-order valence-electron chi connectivity index (χ0n) is 15.0. The zero-order chi connectivity index (χ0) is 19.5. The third-order valence-corrected chi connectivity index (χ3v) is 4.70. The first-order chi connectivity index (χ1) is 12.0. The summed E-state index contributed by atoms with van der Waals surface area (Å²) in [5, 5.41) is 2.78. The highest BCUT2D eigenvalue weighted by atomic mass is 32.2. The molecule has 1 amide bonds. The molecule has 0 spiro atoms. The first-order valence-corrected chi connectivity index (χ1v) is 9.30. The molecule has 26 heavy (non-hydrogen) atoms. The van der Waals surface area contributed by atoms with Crippen LogP contribution in [-0.4, -0.2) is 27.0 Å².